The highest BCUT2D eigenvalue weighted by molar-refractivity contribution is 9.10. The van der Waals surface area contributed by atoms with E-state index < -0.39 is 11.9 Å². The van der Waals surface area contributed by atoms with Gasteiger partial charge in [0.05, 0.1) is 16.8 Å². The number of ether oxygens (including phenoxy) is 1. The highest BCUT2D eigenvalue weighted by Gasteiger charge is 2.17. The number of amides is 1. The van der Waals surface area contributed by atoms with Crippen LogP contribution in [0, 0.1) is 13.8 Å². The van der Waals surface area contributed by atoms with Gasteiger partial charge in [0.25, 0.3) is 5.91 Å². The van der Waals surface area contributed by atoms with Crippen LogP contribution in [0.25, 0.3) is 22.2 Å². The molecule has 0 spiro atoms. The Balaban J connectivity index is 1.56. The van der Waals surface area contributed by atoms with E-state index in [1.165, 1.54) is 0 Å². The molecular weight excluding hydrogens is 468 g/mol. The second-order valence-corrected chi connectivity index (χ2v) is 8.44. The number of carbonyl (C=O) groups is 2. The number of aryl methyl sites for hydroxylation is 2. The first-order valence-electron chi connectivity index (χ1n) is 10.1. The van der Waals surface area contributed by atoms with Gasteiger partial charge < -0.3 is 10.1 Å². The van der Waals surface area contributed by atoms with Gasteiger partial charge in [-0.1, -0.05) is 64.0 Å². The van der Waals surface area contributed by atoms with Gasteiger partial charge in [0.2, 0.25) is 0 Å². The topological polar surface area (TPSA) is 68.3 Å². The molecule has 6 heteroatoms. The molecule has 1 amide bonds. The molecule has 160 valence electrons. The second-order valence-electron chi connectivity index (χ2n) is 7.52. The molecule has 3 aromatic carbocycles. The van der Waals surface area contributed by atoms with E-state index in [-0.39, 0.29) is 6.61 Å². The molecule has 0 saturated carbocycles. The van der Waals surface area contributed by atoms with Crippen LogP contribution in [-0.4, -0.2) is 23.5 Å². The zero-order valence-electron chi connectivity index (χ0n) is 17.7. The fourth-order valence-electron chi connectivity index (χ4n) is 3.46. The van der Waals surface area contributed by atoms with Gasteiger partial charge in [0.1, 0.15) is 0 Å². The molecular formula is C26H21BrN2O3. The molecule has 1 N–H and O–H groups in total. The first-order valence-corrected chi connectivity index (χ1v) is 10.9. The predicted octanol–water partition coefficient (Wildman–Crippen LogP) is 6.08. The minimum atomic E-state index is -0.572. The van der Waals surface area contributed by atoms with Gasteiger partial charge in [0, 0.05) is 21.1 Å². The van der Waals surface area contributed by atoms with Crippen molar-refractivity contribution in [2.75, 3.05) is 11.9 Å². The monoisotopic (exact) mass is 488 g/mol. The van der Waals surface area contributed by atoms with Crippen molar-refractivity contribution >= 4 is 44.4 Å². The van der Waals surface area contributed by atoms with Crippen LogP contribution in [0.3, 0.4) is 0 Å². The number of nitrogens with one attached hydrogen (secondary N) is 1. The number of aromatic nitrogens is 1. The Labute approximate surface area is 194 Å². The summed E-state index contributed by atoms with van der Waals surface area (Å²) in [5, 5.41) is 3.47. The summed E-state index contributed by atoms with van der Waals surface area (Å²) in [6.07, 6.45) is 0. The molecule has 4 rings (SSSR count). The lowest BCUT2D eigenvalue weighted by molar-refractivity contribution is -0.119. The Morgan fingerprint density at radius 2 is 1.72 bits per heavy atom. The number of anilines is 1. The standard InChI is InChI=1S/C26H21BrN2O3/c1-16-7-12-22(17(2)13-16)29-25(30)15-32-26(31)21-14-24(18-8-10-19(27)11-9-18)28-23-6-4-3-5-20(21)23/h3-14H,15H2,1-2H3,(H,29,30). The summed E-state index contributed by atoms with van der Waals surface area (Å²) in [5.41, 5.74) is 5.33. The van der Waals surface area contributed by atoms with E-state index in [0.29, 0.717) is 27.8 Å². The number of rotatable bonds is 5. The average molecular weight is 489 g/mol. The van der Waals surface area contributed by atoms with Crippen LogP contribution in [0.4, 0.5) is 5.69 Å². The number of hydrogen-bond donors (Lipinski definition) is 1. The molecule has 0 aliphatic heterocycles. The number of para-hydroxylation sites is 1. The van der Waals surface area contributed by atoms with Crippen LogP contribution in [0.1, 0.15) is 21.5 Å². The molecule has 1 aromatic heterocycles. The van der Waals surface area contributed by atoms with E-state index in [4.69, 9.17) is 4.74 Å². The van der Waals surface area contributed by atoms with Crippen LogP contribution >= 0.6 is 15.9 Å². The summed E-state index contributed by atoms with van der Waals surface area (Å²) in [4.78, 5) is 30.0. The zero-order valence-corrected chi connectivity index (χ0v) is 19.3. The van der Waals surface area contributed by atoms with Crippen molar-refractivity contribution in [3.63, 3.8) is 0 Å². The second kappa shape index (κ2) is 9.32. The van der Waals surface area contributed by atoms with Gasteiger partial charge in [0.15, 0.2) is 6.61 Å². The smallest absolute Gasteiger partial charge is 0.339 e. The summed E-state index contributed by atoms with van der Waals surface area (Å²) in [6, 6.07) is 22.5. The molecule has 32 heavy (non-hydrogen) atoms. The van der Waals surface area contributed by atoms with Crippen LogP contribution in [-0.2, 0) is 9.53 Å². The SMILES string of the molecule is Cc1ccc(NC(=O)COC(=O)c2cc(-c3ccc(Br)cc3)nc3ccccc23)c(C)c1. The van der Waals surface area contributed by atoms with Crippen LogP contribution in [0.15, 0.2) is 77.3 Å². The first kappa shape index (κ1) is 21.7. The van der Waals surface area contributed by atoms with Gasteiger partial charge in [-0.05, 0) is 49.7 Å². The van der Waals surface area contributed by atoms with Crippen molar-refractivity contribution in [1.29, 1.82) is 0 Å². The van der Waals surface area contributed by atoms with Crippen LogP contribution in [0.2, 0.25) is 0 Å². The fourth-order valence-corrected chi connectivity index (χ4v) is 3.73. The number of benzene rings is 3. The Morgan fingerprint density at radius 1 is 0.969 bits per heavy atom. The number of pyridine rings is 1. The van der Waals surface area contributed by atoms with Gasteiger partial charge in [-0.2, -0.15) is 0 Å². The average Bonchev–Trinajstić information content (AvgIpc) is 2.79. The van der Waals surface area contributed by atoms with E-state index in [1.807, 2.05) is 80.6 Å². The van der Waals surface area contributed by atoms with Crippen molar-refractivity contribution in [3.05, 3.63) is 94.0 Å². The number of fused-ring (bicyclic) bond motifs is 1. The summed E-state index contributed by atoms with van der Waals surface area (Å²) >= 11 is 3.43. The molecule has 1 heterocycles. The zero-order chi connectivity index (χ0) is 22.7. The third kappa shape index (κ3) is 4.86. The number of esters is 1. The van der Waals surface area contributed by atoms with E-state index in [9.17, 15) is 9.59 Å². The lowest BCUT2D eigenvalue weighted by Crippen LogP contribution is -2.21. The molecule has 0 aliphatic rings. The molecule has 4 aromatic rings. The highest BCUT2D eigenvalue weighted by atomic mass is 79.9. The maximum absolute atomic E-state index is 12.9. The van der Waals surface area contributed by atoms with Crippen LogP contribution < -0.4 is 5.32 Å². The Morgan fingerprint density at radius 3 is 2.47 bits per heavy atom. The van der Waals surface area contributed by atoms with Crippen molar-refractivity contribution in [2.45, 2.75) is 13.8 Å². The summed E-state index contributed by atoms with van der Waals surface area (Å²) in [6.45, 7) is 3.53. The van der Waals surface area contributed by atoms with E-state index >= 15 is 0 Å². The summed E-state index contributed by atoms with van der Waals surface area (Å²) in [5.74, 6) is -0.963. The first-order chi connectivity index (χ1) is 15.4. The van der Waals surface area contributed by atoms with Crippen molar-refractivity contribution in [1.82, 2.24) is 4.98 Å². The summed E-state index contributed by atoms with van der Waals surface area (Å²) in [7, 11) is 0. The van der Waals surface area contributed by atoms with Crippen molar-refractivity contribution in [3.8, 4) is 11.3 Å². The van der Waals surface area contributed by atoms with Gasteiger partial charge in [-0.25, -0.2) is 9.78 Å². The number of nitrogens with zero attached hydrogens (tertiary/aromatic N) is 1. The lowest BCUT2D eigenvalue weighted by atomic mass is 10.0. The van der Waals surface area contributed by atoms with E-state index in [1.54, 1.807) is 6.07 Å². The van der Waals surface area contributed by atoms with Gasteiger partial charge in [-0.3, -0.25) is 4.79 Å². The largest absolute Gasteiger partial charge is 0.452 e. The third-order valence-corrected chi connectivity index (χ3v) is 5.60. The van der Waals surface area contributed by atoms with Crippen molar-refractivity contribution in [2.24, 2.45) is 0 Å². The Kier molecular flexibility index (Phi) is 6.32. The molecule has 0 fully saturated rings. The minimum Gasteiger partial charge on any atom is -0.452 e. The number of hydrogen-bond acceptors (Lipinski definition) is 4. The fraction of sp³-hybridized carbons (Fsp3) is 0.115. The minimum absolute atomic E-state index is 0.368. The van der Waals surface area contributed by atoms with Crippen LogP contribution in [0.5, 0.6) is 0 Å². The van der Waals surface area contributed by atoms with Gasteiger partial charge in [-0.15, -0.1) is 0 Å². The molecule has 0 saturated heterocycles. The molecule has 5 nitrogen and oxygen atoms in total. The summed E-state index contributed by atoms with van der Waals surface area (Å²) < 4.78 is 6.31. The molecule has 0 bridgehead atoms. The highest BCUT2D eigenvalue weighted by Crippen LogP contribution is 2.26. The number of carbonyl (C=O) groups excluding carboxylic acids is 2. The maximum atomic E-state index is 12.9. The van der Waals surface area contributed by atoms with E-state index in [0.717, 1.165) is 21.2 Å². The predicted molar refractivity (Wildman–Crippen MR) is 130 cm³/mol. The Hall–Kier alpha value is -3.51. The third-order valence-electron chi connectivity index (χ3n) is 5.07. The molecule has 0 unspecified atom stereocenters. The molecule has 0 radical (unpaired) electrons. The van der Waals surface area contributed by atoms with Gasteiger partial charge >= 0.3 is 5.97 Å². The molecule has 0 aliphatic carbocycles. The molecule has 0 atom stereocenters. The lowest BCUT2D eigenvalue weighted by Gasteiger charge is -2.11. The maximum Gasteiger partial charge on any atom is 0.339 e. The van der Waals surface area contributed by atoms with Crippen molar-refractivity contribution < 1.29 is 14.3 Å². The number of halogens is 1. The Bertz CT molecular complexity index is 1320. The normalized spacial score (nSPS) is 10.7. The van der Waals surface area contributed by atoms with E-state index in [2.05, 4.69) is 26.2 Å². The quantitative estimate of drug-likeness (QED) is 0.345.